The van der Waals surface area contributed by atoms with E-state index in [1.54, 1.807) is 35.5 Å². The molecule has 24 heavy (non-hydrogen) atoms. The maximum Gasteiger partial charge on any atom is 0.250 e. The van der Waals surface area contributed by atoms with E-state index in [4.69, 9.17) is 5.73 Å². The smallest absolute Gasteiger partial charge is 0.250 e. The van der Waals surface area contributed by atoms with Gasteiger partial charge in [0.25, 0.3) is 0 Å². The normalized spacial score (nSPS) is 29.2. The van der Waals surface area contributed by atoms with Gasteiger partial charge in [-0.1, -0.05) is 6.42 Å². The standard InChI is InChI=1S/C17H22N6O/c18-15-11-3-1-4-12(15)8-13(7-11)16(24)22-14-9-21-23(10-14)17-19-5-2-6-20-17/h2,5-6,9-13,15H,1,3-4,7-8,18H2,(H,22,24). The summed E-state index contributed by atoms with van der Waals surface area (Å²) in [5.74, 6) is 1.60. The van der Waals surface area contributed by atoms with Gasteiger partial charge in [0.1, 0.15) is 0 Å². The van der Waals surface area contributed by atoms with Gasteiger partial charge in [0, 0.05) is 24.4 Å². The van der Waals surface area contributed by atoms with Crippen LogP contribution in [0, 0.1) is 17.8 Å². The number of hydrogen-bond donors (Lipinski definition) is 2. The van der Waals surface area contributed by atoms with E-state index < -0.39 is 0 Å². The summed E-state index contributed by atoms with van der Waals surface area (Å²) in [4.78, 5) is 20.9. The SMILES string of the molecule is NC1C2CCCC1CC(C(=O)Nc1cnn(-c3ncccn3)c1)C2. The van der Waals surface area contributed by atoms with E-state index in [2.05, 4.69) is 20.4 Å². The van der Waals surface area contributed by atoms with Gasteiger partial charge in [0.05, 0.1) is 18.1 Å². The predicted octanol–water partition coefficient (Wildman–Crippen LogP) is 1.75. The fraction of sp³-hybridized carbons (Fsp3) is 0.529. The summed E-state index contributed by atoms with van der Waals surface area (Å²) in [5, 5.41) is 7.20. The molecule has 1 amide bonds. The largest absolute Gasteiger partial charge is 0.327 e. The zero-order valence-electron chi connectivity index (χ0n) is 13.5. The number of fused-ring (bicyclic) bond motifs is 2. The van der Waals surface area contributed by atoms with Crippen molar-refractivity contribution in [2.75, 3.05) is 5.32 Å². The molecule has 2 unspecified atom stereocenters. The maximum atomic E-state index is 12.6. The van der Waals surface area contributed by atoms with Gasteiger partial charge in [-0.2, -0.15) is 5.10 Å². The molecule has 2 aliphatic rings. The molecule has 4 rings (SSSR count). The molecule has 2 bridgehead atoms. The summed E-state index contributed by atoms with van der Waals surface area (Å²) < 4.78 is 1.56. The average molecular weight is 326 g/mol. The van der Waals surface area contributed by atoms with Gasteiger partial charge in [-0.05, 0) is 43.6 Å². The summed E-state index contributed by atoms with van der Waals surface area (Å²) in [5.41, 5.74) is 6.98. The third-order valence-corrected chi connectivity index (χ3v) is 5.39. The van der Waals surface area contributed by atoms with Crippen molar-refractivity contribution >= 4 is 11.6 Å². The minimum Gasteiger partial charge on any atom is -0.327 e. The van der Waals surface area contributed by atoms with E-state index >= 15 is 0 Å². The molecule has 2 saturated carbocycles. The topological polar surface area (TPSA) is 98.7 Å². The molecule has 7 heteroatoms. The number of amides is 1. The van der Waals surface area contributed by atoms with Crippen molar-refractivity contribution in [3.05, 3.63) is 30.9 Å². The van der Waals surface area contributed by atoms with Gasteiger partial charge in [0.2, 0.25) is 11.9 Å². The Morgan fingerprint density at radius 3 is 2.62 bits per heavy atom. The number of anilines is 1. The number of hydrogen-bond acceptors (Lipinski definition) is 5. The van der Waals surface area contributed by atoms with Crippen LogP contribution in [0.1, 0.15) is 32.1 Å². The van der Waals surface area contributed by atoms with E-state index in [-0.39, 0.29) is 17.9 Å². The first kappa shape index (κ1) is 15.3. The van der Waals surface area contributed by atoms with Crippen LogP contribution >= 0.6 is 0 Å². The third-order valence-electron chi connectivity index (χ3n) is 5.39. The lowest BCUT2D eigenvalue weighted by Gasteiger charge is -2.43. The van der Waals surface area contributed by atoms with Crippen molar-refractivity contribution in [3.8, 4) is 5.95 Å². The summed E-state index contributed by atoms with van der Waals surface area (Å²) in [6.45, 7) is 0. The van der Waals surface area contributed by atoms with Crippen LogP contribution in [0.25, 0.3) is 5.95 Å². The second-order valence-corrected chi connectivity index (χ2v) is 6.91. The molecule has 2 atom stereocenters. The summed E-state index contributed by atoms with van der Waals surface area (Å²) in [7, 11) is 0. The molecular weight excluding hydrogens is 304 g/mol. The number of rotatable bonds is 3. The Morgan fingerprint density at radius 1 is 1.21 bits per heavy atom. The molecule has 0 radical (unpaired) electrons. The fourth-order valence-corrected chi connectivity index (χ4v) is 4.15. The Labute approximate surface area is 140 Å². The van der Waals surface area contributed by atoms with Crippen LogP contribution in [0.5, 0.6) is 0 Å². The van der Waals surface area contributed by atoms with Crippen LogP contribution in [0.3, 0.4) is 0 Å². The lowest BCUT2D eigenvalue weighted by Crippen LogP contribution is -2.48. The van der Waals surface area contributed by atoms with Crippen LogP contribution in [-0.2, 0) is 4.79 Å². The van der Waals surface area contributed by atoms with Gasteiger partial charge in [-0.3, -0.25) is 4.79 Å². The monoisotopic (exact) mass is 326 g/mol. The van der Waals surface area contributed by atoms with Crippen molar-refractivity contribution < 1.29 is 4.79 Å². The molecule has 126 valence electrons. The number of carbonyl (C=O) groups excluding carboxylic acids is 1. The molecule has 0 aliphatic heterocycles. The van der Waals surface area contributed by atoms with Crippen LogP contribution in [0.4, 0.5) is 5.69 Å². The molecule has 3 N–H and O–H groups in total. The zero-order valence-corrected chi connectivity index (χ0v) is 13.5. The molecule has 0 spiro atoms. The number of nitrogens with one attached hydrogen (secondary N) is 1. The van der Waals surface area contributed by atoms with E-state index in [1.165, 1.54) is 6.42 Å². The minimum absolute atomic E-state index is 0.0522. The fourth-order valence-electron chi connectivity index (χ4n) is 4.15. The highest BCUT2D eigenvalue weighted by atomic mass is 16.1. The molecule has 0 saturated heterocycles. The lowest BCUT2D eigenvalue weighted by atomic mass is 9.65. The summed E-state index contributed by atoms with van der Waals surface area (Å²) >= 11 is 0. The first-order valence-electron chi connectivity index (χ1n) is 8.59. The van der Waals surface area contributed by atoms with Crippen LogP contribution in [0.15, 0.2) is 30.9 Å². The summed E-state index contributed by atoms with van der Waals surface area (Å²) in [6.07, 6.45) is 12.1. The minimum atomic E-state index is 0.0522. The average Bonchev–Trinajstić information content (AvgIpc) is 3.04. The molecule has 2 fully saturated rings. The zero-order chi connectivity index (χ0) is 16.5. The van der Waals surface area contributed by atoms with Crippen molar-refractivity contribution in [1.82, 2.24) is 19.7 Å². The number of nitrogens with zero attached hydrogens (tertiary/aromatic N) is 4. The van der Waals surface area contributed by atoms with Crippen molar-refractivity contribution in [3.63, 3.8) is 0 Å². The van der Waals surface area contributed by atoms with E-state index in [0.29, 0.717) is 23.5 Å². The van der Waals surface area contributed by atoms with Gasteiger partial charge in [0.15, 0.2) is 0 Å². The molecular formula is C17H22N6O. The van der Waals surface area contributed by atoms with Crippen LogP contribution in [-0.4, -0.2) is 31.7 Å². The molecule has 2 aromatic heterocycles. The number of carbonyl (C=O) groups is 1. The lowest BCUT2D eigenvalue weighted by molar-refractivity contribution is -0.122. The Kier molecular flexibility index (Phi) is 4.02. The van der Waals surface area contributed by atoms with Crippen LogP contribution in [0.2, 0.25) is 0 Å². The highest BCUT2D eigenvalue weighted by Gasteiger charge is 2.40. The Morgan fingerprint density at radius 2 is 1.92 bits per heavy atom. The highest BCUT2D eigenvalue weighted by molar-refractivity contribution is 5.92. The molecule has 0 aromatic carbocycles. The van der Waals surface area contributed by atoms with Crippen molar-refractivity contribution in [2.24, 2.45) is 23.5 Å². The third kappa shape index (κ3) is 2.91. The molecule has 7 nitrogen and oxygen atoms in total. The second-order valence-electron chi connectivity index (χ2n) is 6.91. The number of nitrogens with two attached hydrogens (primary N) is 1. The Hall–Kier alpha value is -2.28. The van der Waals surface area contributed by atoms with Crippen molar-refractivity contribution in [2.45, 2.75) is 38.1 Å². The van der Waals surface area contributed by atoms with E-state index in [9.17, 15) is 4.79 Å². The molecule has 2 aromatic rings. The Bertz CT molecular complexity index is 701. The first-order chi connectivity index (χ1) is 11.7. The quantitative estimate of drug-likeness (QED) is 0.895. The maximum absolute atomic E-state index is 12.6. The molecule has 2 aliphatic carbocycles. The van der Waals surface area contributed by atoms with Gasteiger partial charge in [-0.15, -0.1) is 0 Å². The van der Waals surface area contributed by atoms with Crippen molar-refractivity contribution in [1.29, 1.82) is 0 Å². The molecule has 2 heterocycles. The second kappa shape index (κ2) is 6.32. The highest BCUT2D eigenvalue weighted by Crippen LogP contribution is 2.42. The van der Waals surface area contributed by atoms with Gasteiger partial charge in [-0.25, -0.2) is 14.6 Å². The Balaban J connectivity index is 1.42. The first-order valence-corrected chi connectivity index (χ1v) is 8.59. The number of aromatic nitrogens is 4. The van der Waals surface area contributed by atoms with Gasteiger partial charge < -0.3 is 11.1 Å². The van der Waals surface area contributed by atoms with E-state index in [1.807, 2.05) is 0 Å². The van der Waals surface area contributed by atoms with Gasteiger partial charge >= 0.3 is 0 Å². The summed E-state index contributed by atoms with van der Waals surface area (Å²) in [6, 6.07) is 2.03. The van der Waals surface area contributed by atoms with E-state index in [0.717, 1.165) is 25.7 Å². The predicted molar refractivity (Wildman–Crippen MR) is 89.3 cm³/mol. The van der Waals surface area contributed by atoms with Crippen LogP contribution < -0.4 is 11.1 Å².